The van der Waals surface area contributed by atoms with Gasteiger partial charge in [-0.2, -0.15) is 0 Å². The molecule has 0 spiro atoms. The first-order valence-electron chi connectivity index (χ1n) is 6.63. The molecule has 0 amide bonds. The summed E-state index contributed by atoms with van der Waals surface area (Å²) in [7, 11) is -3.71. The lowest BCUT2D eigenvalue weighted by Crippen LogP contribution is -2.43. The molecule has 1 aromatic rings. The standard InChI is InChI=1S/C13H24N2O4S/c1-10(2)14-9-11-5-6-12(19-11)20(17,18)15-13(3,4)7-8-16/h5-6,10,14-16H,7-9H2,1-4H3. The van der Waals surface area contributed by atoms with Gasteiger partial charge in [0.05, 0.1) is 6.54 Å². The molecule has 0 saturated carbocycles. The molecule has 1 rings (SSSR count). The van der Waals surface area contributed by atoms with Crippen molar-refractivity contribution in [2.45, 2.75) is 57.3 Å². The van der Waals surface area contributed by atoms with Crippen LogP contribution in [0.3, 0.4) is 0 Å². The third-order valence-electron chi connectivity index (χ3n) is 2.73. The van der Waals surface area contributed by atoms with Crippen LogP contribution in [0.1, 0.15) is 39.9 Å². The summed E-state index contributed by atoms with van der Waals surface area (Å²) < 4.78 is 32.2. The molecule has 0 unspecified atom stereocenters. The van der Waals surface area contributed by atoms with Gasteiger partial charge in [0.25, 0.3) is 10.0 Å². The summed E-state index contributed by atoms with van der Waals surface area (Å²) >= 11 is 0. The minimum Gasteiger partial charge on any atom is -0.447 e. The van der Waals surface area contributed by atoms with Crippen LogP contribution in [-0.2, 0) is 16.6 Å². The maximum Gasteiger partial charge on any atom is 0.274 e. The van der Waals surface area contributed by atoms with Crippen LogP contribution in [-0.4, -0.2) is 31.7 Å². The number of nitrogens with one attached hydrogen (secondary N) is 2. The Morgan fingerprint density at radius 1 is 1.35 bits per heavy atom. The molecule has 0 aromatic carbocycles. The van der Waals surface area contributed by atoms with E-state index < -0.39 is 15.6 Å². The molecule has 0 fully saturated rings. The Morgan fingerprint density at radius 2 is 2.00 bits per heavy atom. The molecule has 1 heterocycles. The van der Waals surface area contributed by atoms with Gasteiger partial charge in [-0.05, 0) is 32.4 Å². The lowest BCUT2D eigenvalue weighted by molar-refractivity contribution is 0.245. The maximum absolute atomic E-state index is 12.2. The van der Waals surface area contributed by atoms with Crippen LogP contribution >= 0.6 is 0 Å². The van der Waals surface area contributed by atoms with E-state index in [9.17, 15) is 8.42 Å². The molecule has 0 aliphatic carbocycles. The summed E-state index contributed by atoms with van der Waals surface area (Å²) in [5, 5.41) is 12.0. The van der Waals surface area contributed by atoms with E-state index in [1.54, 1.807) is 19.9 Å². The predicted molar refractivity (Wildman–Crippen MR) is 76.8 cm³/mol. The van der Waals surface area contributed by atoms with Gasteiger partial charge in [-0.15, -0.1) is 0 Å². The number of hydrogen-bond donors (Lipinski definition) is 3. The highest BCUT2D eigenvalue weighted by Gasteiger charge is 2.28. The zero-order valence-corrected chi connectivity index (χ0v) is 13.3. The molecule has 0 saturated heterocycles. The first-order valence-corrected chi connectivity index (χ1v) is 8.11. The van der Waals surface area contributed by atoms with Gasteiger partial charge in [0.1, 0.15) is 5.76 Å². The van der Waals surface area contributed by atoms with E-state index in [2.05, 4.69) is 10.0 Å². The smallest absolute Gasteiger partial charge is 0.274 e. The van der Waals surface area contributed by atoms with Crippen molar-refractivity contribution in [3.8, 4) is 0 Å². The minimum atomic E-state index is -3.71. The van der Waals surface area contributed by atoms with Crippen molar-refractivity contribution >= 4 is 10.0 Å². The average Bonchev–Trinajstić information content (AvgIpc) is 2.73. The summed E-state index contributed by atoms with van der Waals surface area (Å²) in [4.78, 5) is 0. The van der Waals surface area contributed by atoms with E-state index in [0.29, 0.717) is 24.8 Å². The van der Waals surface area contributed by atoms with Crippen LogP contribution in [0.4, 0.5) is 0 Å². The van der Waals surface area contributed by atoms with E-state index in [1.807, 2.05) is 13.8 Å². The molecule has 3 N–H and O–H groups in total. The number of rotatable bonds is 8. The number of furan rings is 1. The van der Waals surface area contributed by atoms with Gasteiger partial charge in [0.2, 0.25) is 5.09 Å². The van der Waals surface area contributed by atoms with Crippen LogP contribution in [0.2, 0.25) is 0 Å². The van der Waals surface area contributed by atoms with Crippen LogP contribution in [0.15, 0.2) is 21.6 Å². The van der Waals surface area contributed by atoms with E-state index in [-0.39, 0.29) is 11.7 Å². The molecule has 0 bridgehead atoms. The first kappa shape index (κ1) is 17.2. The van der Waals surface area contributed by atoms with E-state index in [0.717, 1.165) is 0 Å². The molecule has 0 atom stereocenters. The Morgan fingerprint density at radius 3 is 2.55 bits per heavy atom. The second-order valence-electron chi connectivity index (χ2n) is 5.72. The SMILES string of the molecule is CC(C)NCc1ccc(S(=O)(=O)NC(C)(C)CCO)o1. The first-order chi connectivity index (χ1) is 9.16. The van der Waals surface area contributed by atoms with E-state index in [4.69, 9.17) is 9.52 Å². The summed E-state index contributed by atoms with van der Waals surface area (Å²) in [6.07, 6.45) is 0.328. The fraction of sp³-hybridized carbons (Fsp3) is 0.692. The monoisotopic (exact) mass is 304 g/mol. The van der Waals surface area contributed by atoms with Crippen molar-refractivity contribution < 1.29 is 17.9 Å². The zero-order chi connectivity index (χ0) is 15.4. The van der Waals surface area contributed by atoms with Crippen LogP contribution < -0.4 is 10.0 Å². The molecular formula is C13H24N2O4S. The molecule has 0 aliphatic heterocycles. The fourth-order valence-electron chi connectivity index (χ4n) is 1.65. The van der Waals surface area contributed by atoms with Crippen molar-refractivity contribution in [2.24, 2.45) is 0 Å². The lowest BCUT2D eigenvalue weighted by atomic mass is 10.0. The minimum absolute atomic E-state index is 0.0861. The van der Waals surface area contributed by atoms with Gasteiger partial charge in [-0.3, -0.25) is 0 Å². The van der Waals surface area contributed by atoms with Crippen LogP contribution in [0.5, 0.6) is 0 Å². The summed E-state index contributed by atoms with van der Waals surface area (Å²) in [5.41, 5.74) is -0.725. The molecule has 20 heavy (non-hydrogen) atoms. The highest BCUT2D eigenvalue weighted by atomic mass is 32.2. The van der Waals surface area contributed by atoms with Gasteiger partial charge in [0, 0.05) is 18.2 Å². The van der Waals surface area contributed by atoms with Crippen molar-refractivity contribution in [3.05, 3.63) is 17.9 Å². The molecule has 0 aliphatic rings. The third kappa shape index (κ3) is 5.24. The Labute approximate surface area is 120 Å². The number of aliphatic hydroxyl groups excluding tert-OH is 1. The Balaban J connectivity index is 2.78. The Hall–Kier alpha value is -0.890. The van der Waals surface area contributed by atoms with Crippen molar-refractivity contribution in [2.75, 3.05) is 6.61 Å². The fourth-order valence-corrected chi connectivity index (χ4v) is 3.04. The number of hydrogen-bond acceptors (Lipinski definition) is 5. The second-order valence-corrected chi connectivity index (χ2v) is 7.33. The van der Waals surface area contributed by atoms with Gasteiger partial charge in [-0.1, -0.05) is 13.8 Å². The lowest BCUT2D eigenvalue weighted by Gasteiger charge is -2.24. The van der Waals surface area contributed by atoms with Crippen molar-refractivity contribution in [3.63, 3.8) is 0 Å². The Bertz CT molecular complexity index is 520. The van der Waals surface area contributed by atoms with Gasteiger partial charge in [0.15, 0.2) is 0 Å². The predicted octanol–water partition coefficient (Wildman–Crippen LogP) is 1.22. The van der Waals surface area contributed by atoms with Gasteiger partial charge >= 0.3 is 0 Å². The average molecular weight is 304 g/mol. The highest BCUT2D eigenvalue weighted by Crippen LogP contribution is 2.18. The molecule has 116 valence electrons. The topological polar surface area (TPSA) is 91.6 Å². The molecule has 0 radical (unpaired) electrons. The van der Waals surface area contributed by atoms with Crippen LogP contribution in [0, 0.1) is 0 Å². The summed E-state index contributed by atoms with van der Waals surface area (Å²) in [5.74, 6) is 0.569. The van der Waals surface area contributed by atoms with E-state index >= 15 is 0 Å². The van der Waals surface area contributed by atoms with E-state index in [1.165, 1.54) is 6.07 Å². The number of aliphatic hydroxyl groups is 1. The highest BCUT2D eigenvalue weighted by molar-refractivity contribution is 7.89. The molecular weight excluding hydrogens is 280 g/mol. The zero-order valence-electron chi connectivity index (χ0n) is 12.4. The van der Waals surface area contributed by atoms with Gasteiger partial charge in [-0.25, -0.2) is 13.1 Å². The number of sulfonamides is 1. The summed E-state index contributed by atoms with van der Waals surface area (Å²) in [6.45, 7) is 7.82. The van der Waals surface area contributed by atoms with Crippen LogP contribution in [0.25, 0.3) is 0 Å². The van der Waals surface area contributed by atoms with Gasteiger partial charge < -0.3 is 14.8 Å². The summed E-state index contributed by atoms with van der Waals surface area (Å²) in [6, 6.07) is 3.37. The van der Waals surface area contributed by atoms with Crippen molar-refractivity contribution in [1.29, 1.82) is 0 Å². The largest absolute Gasteiger partial charge is 0.447 e. The molecule has 1 aromatic heterocycles. The second kappa shape index (κ2) is 6.71. The maximum atomic E-state index is 12.2. The third-order valence-corrected chi connectivity index (χ3v) is 4.30. The van der Waals surface area contributed by atoms with Crippen molar-refractivity contribution in [1.82, 2.24) is 10.0 Å². The molecule has 6 nitrogen and oxygen atoms in total. The molecule has 7 heteroatoms. The normalized spacial score (nSPS) is 13.1. The Kier molecular flexibility index (Phi) is 5.76. The quantitative estimate of drug-likeness (QED) is 0.671.